The van der Waals surface area contributed by atoms with Crippen LogP contribution in [0.2, 0.25) is 5.82 Å². The molecule has 0 heterocycles. The van der Waals surface area contributed by atoms with Crippen LogP contribution in [0.3, 0.4) is 0 Å². The second-order valence-corrected chi connectivity index (χ2v) is 3.23. The highest BCUT2D eigenvalue weighted by atomic mass is 19.2. The van der Waals surface area contributed by atoms with Gasteiger partial charge < -0.3 is 0 Å². The Balaban J connectivity index is 2.92. The molecule has 0 fully saturated rings. The third-order valence-corrected chi connectivity index (χ3v) is 2.10. The van der Waals surface area contributed by atoms with Crippen molar-refractivity contribution in [3.05, 3.63) is 35.1 Å². The quantitative estimate of drug-likeness (QED) is 0.517. The van der Waals surface area contributed by atoms with Crippen LogP contribution in [0.25, 0.3) is 0 Å². The van der Waals surface area contributed by atoms with Gasteiger partial charge in [0.2, 0.25) is 0 Å². The van der Waals surface area contributed by atoms with Crippen LogP contribution in [0.4, 0.5) is 13.2 Å². The Morgan fingerprint density at radius 2 is 1.71 bits per heavy atom. The minimum atomic E-state index is -1.17. The van der Waals surface area contributed by atoms with E-state index in [1.54, 1.807) is 0 Å². The lowest BCUT2D eigenvalue weighted by atomic mass is 9.80. The van der Waals surface area contributed by atoms with E-state index in [0.717, 1.165) is 6.07 Å². The zero-order valence-electron chi connectivity index (χ0n) is 7.86. The highest BCUT2D eigenvalue weighted by Gasteiger charge is 2.11. The van der Waals surface area contributed by atoms with Gasteiger partial charge >= 0.3 is 0 Å². The van der Waals surface area contributed by atoms with Crippen LogP contribution in [0, 0.1) is 17.5 Å². The molecule has 0 saturated carbocycles. The molecule has 1 rings (SSSR count). The van der Waals surface area contributed by atoms with E-state index in [9.17, 15) is 13.2 Å². The van der Waals surface area contributed by atoms with Gasteiger partial charge in [-0.15, -0.1) is 0 Å². The van der Waals surface area contributed by atoms with Crippen LogP contribution >= 0.6 is 0 Å². The Kier molecular flexibility index (Phi) is 3.61. The molecule has 0 N–H and O–H groups in total. The van der Waals surface area contributed by atoms with Gasteiger partial charge in [-0.05, 0) is 18.1 Å². The van der Waals surface area contributed by atoms with Crippen LogP contribution < -0.4 is 0 Å². The summed E-state index contributed by atoms with van der Waals surface area (Å²) in [6.45, 7) is 1.85. The summed E-state index contributed by atoms with van der Waals surface area (Å²) in [4.78, 5) is 0. The van der Waals surface area contributed by atoms with Gasteiger partial charge in [-0.25, -0.2) is 13.2 Å². The van der Waals surface area contributed by atoms with E-state index >= 15 is 0 Å². The first-order valence-corrected chi connectivity index (χ1v) is 4.43. The van der Waals surface area contributed by atoms with E-state index in [0.29, 0.717) is 12.5 Å². The lowest BCUT2D eigenvalue weighted by Crippen LogP contribution is -2.01. The topological polar surface area (TPSA) is 0 Å². The summed E-state index contributed by atoms with van der Waals surface area (Å²) < 4.78 is 38.3. The van der Waals surface area contributed by atoms with Crippen molar-refractivity contribution in [3.8, 4) is 0 Å². The van der Waals surface area contributed by atoms with E-state index in [2.05, 4.69) is 0 Å². The second kappa shape index (κ2) is 4.53. The third-order valence-electron chi connectivity index (χ3n) is 2.10. The van der Waals surface area contributed by atoms with Crippen molar-refractivity contribution in [2.45, 2.75) is 25.6 Å². The van der Waals surface area contributed by atoms with Gasteiger partial charge in [-0.1, -0.05) is 19.2 Å². The van der Waals surface area contributed by atoms with Crippen molar-refractivity contribution in [3.63, 3.8) is 0 Å². The molecule has 1 unspecified atom stereocenters. The molecule has 2 radical (unpaired) electrons. The van der Waals surface area contributed by atoms with Gasteiger partial charge in [-0.2, -0.15) is 0 Å². The standard InChI is InChI=1S/C10H10BF3/c1-2-7(11)3-6-4-9(13)10(14)5-8(6)12/h4-5,7H,2-3H2,1H3. The van der Waals surface area contributed by atoms with Crippen LogP contribution in [-0.4, -0.2) is 7.85 Å². The summed E-state index contributed by atoms with van der Waals surface area (Å²) >= 11 is 0. The van der Waals surface area contributed by atoms with Crippen LogP contribution in [0.15, 0.2) is 12.1 Å². The fraction of sp³-hybridized carbons (Fsp3) is 0.400. The Labute approximate surface area is 82.5 Å². The zero-order valence-corrected chi connectivity index (χ0v) is 7.86. The van der Waals surface area contributed by atoms with Crippen LogP contribution in [0.5, 0.6) is 0 Å². The van der Waals surface area contributed by atoms with Crippen molar-refractivity contribution >= 4 is 7.85 Å². The first-order chi connectivity index (χ1) is 6.54. The first kappa shape index (κ1) is 11.2. The third kappa shape index (κ3) is 2.53. The van der Waals surface area contributed by atoms with Gasteiger partial charge in [0.1, 0.15) is 5.82 Å². The SMILES string of the molecule is [B]C(CC)Cc1cc(F)c(F)cc1F. The van der Waals surface area contributed by atoms with E-state index in [1.165, 1.54) is 0 Å². The highest BCUT2D eigenvalue weighted by molar-refractivity contribution is 6.11. The maximum atomic E-state index is 13.1. The number of halogens is 3. The summed E-state index contributed by atoms with van der Waals surface area (Å²) in [6, 6.07) is 1.41. The van der Waals surface area contributed by atoms with E-state index in [-0.39, 0.29) is 17.8 Å². The van der Waals surface area contributed by atoms with Crippen molar-refractivity contribution in [1.29, 1.82) is 0 Å². The van der Waals surface area contributed by atoms with E-state index < -0.39 is 17.5 Å². The van der Waals surface area contributed by atoms with E-state index in [4.69, 9.17) is 7.85 Å². The molecule has 0 aliphatic rings. The summed E-state index contributed by atoms with van der Waals surface area (Å²) in [5.41, 5.74) is 0.123. The number of rotatable bonds is 3. The fourth-order valence-corrected chi connectivity index (χ4v) is 1.15. The Morgan fingerprint density at radius 3 is 2.29 bits per heavy atom. The van der Waals surface area contributed by atoms with E-state index in [1.807, 2.05) is 6.92 Å². The average Bonchev–Trinajstić information content (AvgIpc) is 2.14. The molecule has 0 nitrogen and oxygen atoms in total. The van der Waals surface area contributed by atoms with Gasteiger partial charge in [0.15, 0.2) is 11.6 Å². The van der Waals surface area contributed by atoms with Crippen molar-refractivity contribution in [1.82, 2.24) is 0 Å². The van der Waals surface area contributed by atoms with Crippen LogP contribution in [-0.2, 0) is 6.42 Å². The summed E-state index contributed by atoms with van der Waals surface area (Å²) in [5.74, 6) is -3.18. The lowest BCUT2D eigenvalue weighted by molar-refractivity contribution is 0.489. The normalized spacial score (nSPS) is 12.9. The molecule has 1 aromatic carbocycles. The fourth-order valence-electron chi connectivity index (χ4n) is 1.15. The zero-order chi connectivity index (χ0) is 10.7. The van der Waals surface area contributed by atoms with Gasteiger partial charge in [0.25, 0.3) is 0 Å². The Morgan fingerprint density at radius 1 is 1.14 bits per heavy atom. The largest absolute Gasteiger partial charge is 0.207 e. The van der Waals surface area contributed by atoms with Crippen molar-refractivity contribution in [2.75, 3.05) is 0 Å². The van der Waals surface area contributed by atoms with Gasteiger partial charge in [-0.3, -0.25) is 0 Å². The molecule has 0 amide bonds. The predicted molar refractivity (Wildman–Crippen MR) is 49.8 cm³/mol. The number of hydrogen-bond donors (Lipinski definition) is 0. The molecule has 4 heteroatoms. The van der Waals surface area contributed by atoms with Crippen molar-refractivity contribution < 1.29 is 13.2 Å². The number of hydrogen-bond acceptors (Lipinski definition) is 0. The summed E-state index contributed by atoms with van der Waals surface area (Å²) in [6.07, 6.45) is 0.887. The Bertz CT molecular complexity index is 325. The molecular formula is C10H10BF3. The molecule has 0 aromatic heterocycles. The molecule has 0 aliphatic carbocycles. The Hall–Kier alpha value is -0.925. The molecule has 74 valence electrons. The minimum Gasteiger partial charge on any atom is -0.207 e. The van der Waals surface area contributed by atoms with Crippen molar-refractivity contribution in [2.24, 2.45) is 0 Å². The molecular weight excluding hydrogens is 188 g/mol. The van der Waals surface area contributed by atoms with Gasteiger partial charge in [0.05, 0.1) is 7.85 Å². The molecule has 0 saturated heterocycles. The molecule has 1 aromatic rings. The number of benzene rings is 1. The summed E-state index contributed by atoms with van der Waals surface area (Å²) in [7, 11) is 5.58. The van der Waals surface area contributed by atoms with Gasteiger partial charge in [0, 0.05) is 6.07 Å². The lowest BCUT2D eigenvalue weighted by Gasteiger charge is -2.09. The maximum Gasteiger partial charge on any atom is 0.161 e. The predicted octanol–water partition coefficient (Wildman–Crippen LogP) is 3.01. The molecule has 0 bridgehead atoms. The molecule has 0 spiro atoms. The molecule has 1 atom stereocenters. The monoisotopic (exact) mass is 198 g/mol. The second-order valence-electron chi connectivity index (χ2n) is 3.23. The molecule has 0 aliphatic heterocycles. The average molecular weight is 198 g/mol. The molecule has 14 heavy (non-hydrogen) atoms. The summed E-state index contributed by atoms with van der Waals surface area (Å²) in [5, 5.41) is 0. The first-order valence-electron chi connectivity index (χ1n) is 4.43. The maximum absolute atomic E-state index is 13.1. The minimum absolute atomic E-state index is 0.123. The highest BCUT2D eigenvalue weighted by Crippen LogP contribution is 2.19. The smallest absolute Gasteiger partial charge is 0.161 e. The van der Waals surface area contributed by atoms with Crippen LogP contribution in [0.1, 0.15) is 18.9 Å².